The number of nitrogens with one attached hydrogen (secondary N) is 2. The number of hydrogen-bond acceptors (Lipinski definition) is 3. The highest BCUT2D eigenvalue weighted by Gasteiger charge is 2.13. The van der Waals surface area contributed by atoms with E-state index in [0.717, 1.165) is 48.3 Å². The lowest BCUT2D eigenvalue weighted by Gasteiger charge is -2.19. The highest BCUT2D eigenvalue weighted by atomic mass is 79.9. The zero-order chi connectivity index (χ0) is 13.7. The maximum Gasteiger partial charge on any atom is 0.238 e. The van der Waals surface area contributed by atoms with Gasteiger partial charge in [0, 0.05) is 23.2 Å². The molecule has 4 nitrogen and oxygen atoms in total. The van der Waals surface area contributed by atoms with Gasteiger partial charge in [-0.15, -0.1) is 0 Å². The van der Waals surface area contributed by atoms with Crippen molar-refractivity contribution in [1.82, 2.24) is 10.2 Å². The number of benzene rings is 1. The van der Waals surface area contributed by atoms with Crippen LogP contribution in [0.4, 0.5) is 5.69 Å². The molecule has 1 aliphatic heterocycles. The third-order valence-electron chi connectivity index (χ3n) is 3.27. The van der Waals surface area contributed by atoms with Crippen LogP contribution in [-0.4, -0.2) is 43.5 Å². The third-order valence-corrected chi connectivity index (χ3v) is 3.77. The summed E-state index contributed by atoms with van der Waals surface area (Å²) in [7, 11) is 0. The Morgan fingerprint density at radius 3 is 3.11 bits per heavy atom. The average molecular weight is 326 g/mol. The summed E-state index contributed by atoms with van der Waals surface area (Å²) < 4.78 is 0.979. The van der Waals surface area contributed by atoms with Crippen molar-refractivity contribution in [2.75, 3.05) is 38.0 Å². The number of nitrogens with zero attached hydrogens (tertiary/aromatic N) is 1. The second-order valence-electron chi connectivity index (χ2n) is 4.89. The molecule has 1 aliphatic rings. The van der Waals surface area contributed by atoms with Gasteiger partial charge in [0.2, 0.25) is 5.91 Å². The molecule has 1 amide bonds. The van der Waals surface area contributed by atoms with Crippen molar-refractivity contribution in [3.8, 4) is 0 Å². The minimum absolute atomic E-state index is 0.0584. The second kappa shape index (κ2) is 7.03. The maximum atomic E-state index is 12.1. The lowest BCUT2D eigenvalue weighted by atomic mass is 10.2. The molecule has 2 rings (SSSR count). The summed E-state index contributed by atoms with van der Waals surface area (Å²) >= 11 is 3.43. The van der Waals surface area contributed by atoms with Crippen LogP contribution in [0.25, 0.3) is 0 Å². The quantitative estimate of drug-likeness (QED) is 0.893. The van der Waals surface area contributed by atoms with Crippen LogP contribution in [0.3, 0.4) is 0 Å². The Kier molecular flexibility index (Phi) is 5.36. The number of anilines is 1. The van der Waals surface area contributed by atoms with E-state index in [9.17, 15) is 4.79 Å². The van der Waals surface area contributed by atoms with Gasteiger partial charge in [-0.1, -0.05) is 22.0 Å². The fourth-order valence-corrected chi connectivity index (χ4v) is 2.54. The molecule has 0 atom stereocenters. The first-order chi connectivity index (χ1) is 9.15. The van der Waals surface area contributed by atoms with Crippen LogP contribution in [0.5, 0.6) is 0 Å². The normalized spacial score (nSPS) is 16.9. The second-order valence-corrected chi connectivity index (χ2v) is 5.80. The molecule has 0 spiro atoms. The number of carbonyl (C=O) groups excluding carboxylic acids is 1. The Bertz CT molecular complexity index is 442. The number of carbonyl (C=O) groups is 1. The number of rotatable bonds is 3. The zero-order valence-electron chi connectivity index (χ0n) is 11.2. The minimum atomic E-state index is 0.0584. The van der Waals surface area contributed by atoms with Crippen LogP contribution in [-0.2, 0) is 4.79 Å². The Morgan fingerprint density at radius 1 is 1.42 bits per heavy atom. The highest BCUT2D eigenvalue weighted by molar-refractivity contribution is 9.10. The van der Waals surface area contributed by atoms with Gasteiger partial charge in [-0.05, 0) is 44.1 Å². The van der Waals surface area contributed by atoms with Crippen molar-refractivity contribution in [2.24, 2.45) is 0 Å². The summed E-state index contributed by atoms with van der Waals surface area (Å²) in [5.74, 6) is 0.0584. The summed E-state index contributed by atoms with van der Waals surface area (Å²) in [4.78, 5) is 14.3. The topological polar surface area (TPSA) is 44.4 Å². The van der Waals surface area contributed by atoms with Crippen LogP contribution >= 0.6 is 15.9 Å². The number of amides is 1. The van der Waals surface area contributed by atoms with Crippen LogP contribution < -0.4 is 10.6 Å². The molecule has 19 heavy (non-hydrogen) atoms. The largest absolute Gasteiger partial charge is 0.325 e. The summed E-state index contributed by atoms with van der Waals surface area (Å²) in [6, 6.07) is 5.91. The van der Waals surface area contributed by atoms with E-state index < -0.39 is 0 Å². The molecule has 1 aromatic carbocycles. The number of halogens is 1. The van der Waals surface area contributed by atoms with Gasteiger partial charge in [0.1, 0.15) is 0 Å². The van der Waals surface area contributed by atoms with E-state index in [2.05, 4.69) is 31.5 Å². The molecule has 104 valence electrons. The van der Waals surface area contributed by atoms with Crippen LogP contribution in [0, 0.1) is 6.92 Å². The van der Waals surface area contributed by atoms with Crippen molar-refractivity contribution in [3.05, 3.63) is 28.2 Å². The summed E-state index contributed by atoms with van der Waals surface area (Å²) in [6.07, 6.45) is 1.10. The number of hydrogen-bond donors (Lipinski definition) is 2. The first-order valence-corrected chi connectivity index (χ1v) is 7.43. The van der Waals surface area contributed by atoms with Crippen molar-refractivity contribution in [2.45, 2.75) is 13.3 Å². The van der Waals surface area contributed by atoms with Crippen LogP contribution in [0.2, 0.25) is 0 Å². The maximum absolute atomic E-state index is 12.1. The molecule has 0 bridgehead atoms. The first-order valence-electron chi connectivity index (χ1n) is 6.64. The van der Waals surface area contributed by atoms with Gasteiger partial charge >= 0.3 is 0 Å². The van der Waals surface area contributed by atoms with Gasteiger partial charge in [0.15, 0.2) is 0 Å². The third kappa shape index (κ3) is 4.60. The predicted octanol–water partition coefficient (Wildman–Crippen LogP) is 1.99. The molecular formula is C14H20BrN3O. The van der Waals surface area contributed by atoms with Gasteiger partial charge in [0.25, 0.3) is 0 Å². The molecule has 0 aliphatic carbocycles. The van der Waals surface area contributed by atoms with Gasteiger partial charge in [0.05, 0.1) is 6.54 Å². The van der Waals surface area contributed by atoms with Gasteiger partial charge < -0.3 is 10.6 Å². The van der Waals surface area contributed by atoms with E-state index in [-0.39, 0.29) is 5.91 Å². The smallest absolute Gasteiger partial charge is 0.238 e. The fourth-order valence-electron chi connectivity index (χ4n) is 2.18. The van der Waals surface area contributed by atoms with Crippen molar-refractivity contribution < 1.29 is 4.79 Å². The molecule has 2 N–H and O–H groups in total. The molecule has 0 unspecified atom stereocenters. The monoisotopic (exact) mass is 325 g/mol. The standard InChI is InChI=1S/C14H20BrN3O/c1-11-3-4-12(15)9-13(11)17-14(19)10-18-7-2-5-16-6-8-18/h3-4,9,16H,2,5-8,10H2,1H3,(H,17,19). The average Bonchev–Trinajstić information content (AvgIpc) is 2.62. The van der Waals surface area contributed by atoms with Gasteiger partial charge in [-0.3, -0.25) is 9.69 Å². The number of aryl methyl sites for hydroxylation is 1. The van der Waals surface area contributed by atoms with Crippen LogP contribution in [0.15, 0.2) is 22.7 Å². The zero-order valence-corrected chi connectivity index (χ0v) is 12.8. The van der Waals surface area contributed by atoms with E-state index in [0.29, 0.717) is 6.54 Å². The van der Waals surface area contributed by atoms with Crippen molar-refractivity contribution in [1.29, 1.82) is 0 Å². The molecule has 1 heterocycles. The molecule has 5 heteroatoms. The molecule has 0 saturated carbocycles. The van der Waals surface area contributed by atoms with E-state index in [1.165, 1.54) is 0 Å². The van der Waals surface area contributed by atoms with Crippen molar-refractivity contribution in [3.63, 3.8) is 0 Å². The molecular weight excluding hydrogens is 306 g/mol. The van der Waals surface area contributed by atoms with Crippen molar-refractivity contribution >= 4 is 27.5 Å². The van der Waals surface area contributed by atoms with E-state index in [1.807, 2.05) is 25.1 Å². The Labute approximate surface area is 122 Å². The Balaban J connectivity index is 1.91. The SMILES string of the molecule is Cc1ccc(Br)cc1NC(=O)CN1CCCNCC1. The van der Waals surface area contributed by atoms with E-state index in [4.69, 9.17) is 0 Å². The summed E-state index contributed by atoms with van der Waals surface area (Å²) in [5.41, 5.74) is 1.96. The van der Waals surface area contributed by atoms with Gasteiger partial charge in [-0.2, -0.15) is 0 Å². The van der Waals surface area contributed by atoms with Crippen LogP contribution in [0.1, 0.15) is 12.0 Å². The molecule has 0 radical (unpaired) electrons. The lowest BCUT2D eigenvalue weighted by Crippen LogP contribution is -2.35. The fraction of sp³-hybridized carbons (Fsp3) is 0.500. The summed E-state index contributed by atoms with van der Waals surface area (Å²) in [5, 5.41) is 6.32. The first kappa shape index (κ1) is 14.5. The Hall–Kier alpha value is -0.910. The summed E-state index contributed by atoms with van der Waals surface area (Å²) in [6.45, 7) is 6.39. The lowest BCUT2D eigenvalue weighted by molar-refractivity contribution is -0.117. The Morgan fingerprint density at radius 2 is 2.26 bits per heavy atom. The van der Waals surface area contributed by atoms with Gasteiger partial charge in [-0.25, -0.2) is 0 Å². The molecule has 0 aromatic heterocycles. The van der Waals surface area contributed by atoms with E-state index in [1.54, 1.807) is 0 Å². The molecule has 1 aromatic rings. The molecule has 1 fully saturated rings. The molecule has 1 saturated heterocycles. The van der Waals surface area contributed by atoms with E-state index >= 15 is 0 Å². The predicted molar refractivity (Wildman–Crippen MR) is 81.4 cm³/mol. The highest BCUT2D eigenvalue weighted by Crippen LogP contribution is 2.20. The minimum Gasteiger partial charge on any atom is -0.325 e.